The van der Waals surface area contributed by atoms with E-state index in [1.807, 2.05) is 24.3 Å². The monoisotopic (exact) mass is 252 g/mol. The SMILES string of the molecule is O=C(NCc1ccncn1)c1c[nH]c2ccccc12. The summed E-state index contributed by atoms with van der Waals surface area (Å²) in [6.45, 7) is 0.390. The number of para-hydroxylation sites is 1. The minimum absolute atomic E-state index is 0.115. The van der Waals surface area contributed by atoms with Crippen molar-refractivity contribution >= 4 is 16.8 Å². The van der Waals surface area contributed by atoms with Crippen LogP contribution in [0.25, 0.3) is 10.9 Å². The fraction of sp³-hybridized carbons (Fsp3) is 0.0714. The summed E-state index contributed by atoms with van der Waals surface area (Å²) < 4.78 is 0. The van der Waals surface area contributed by atoms with Crippen molar-refractivity contribution < 1.29 is 4.79 Å². The van der Waals surface area contributed by atoms with Crippen molar-refractivity contribution in [3.63, 3.8) is 0 Å². The molecule has 2 N–H and O–H groups in total. The van der Waals surface area contributed by atoms with E-state index in [2.05, 4.69) is 20.3 Å². The molecule has 3 aromatic rings. The minimum Gasteiger partial charge on any atom is -0.360 e. The third-order valence-corrected chi connectivity index (χ3v) is 2.91. The summed E-state index contributed by atoms with van der Waals surface area (Å²) in [5.41, 5.74) is 2.38. The van der Waals surface area contributed by atoms with Gasteiger partial charge in [0, 0.05) is 23.3 Å². The normalized spacial score (nSPS) is 10.5. The molecule has 0 aliphatic rings. The zero-order valence-electron chi connectivity index (χ0n) is 10.1. The standard InChI is InChI=1S/C14H12N4O/c19-14(17-7-10-5-6-15-9-18-10)12-8-16-13-4-2-1-3-11(12)13/h1-6,8-9,16H,7H2,(H,17,19). The lowest BCUT2D eigenvalue weighted by molar-refractivity contribution is 0.0952. The quantitative estimate of drug-likeness (QED) is 0.747. The molecule has 1 aromatic carbocycles. The molecule has 0 atom stereocenters. The van der Waals surface area contributed by atoms with Gasteiger partial charge < -0.3 is 10.3 Å². The zero-order valence-corrected chi connectivity index (χ0v) is 10.1. The number of carbonyl (C=O) groups excluding carboxylic acids is 1. The van der Waals surface area contributed by atoms with Crippen LogP contribution < -0.4 is 5.32 Å². The lowest BCUT2D eigenvalue weighted by atomic mass is 10.1. The van der Waals surface area contributed by atoms with Gasteiger partial charge in [0.05, 0.1) is 17.8 Å². The number of fused-ring (bicyclic) bond motifs is 1. The Hall–Kier alpha value is -2.69. The maximum Gasteiger partial charge on any atom is 0.253 e. The minimum atomic E-state index is -0.115. The Morgan fingerprint density at radius 3 is 3.00 bits per heavy atom. The number of nitrogens with one attached hydrogen (secondary N) is 2. The number of hydrogen-bond acceptors (Lipinski definition) is 3. The highest BCUT2D eigenvalue weighted by molar-refractivity contribution is 6.06. The summed E-state index contributed by atoms with van der Waals surface area (Å²) in [6.07, 6.45) is 4.84. The highest BCUT2D eigenvalue weighted by Gasteiger charge is 2.11. The molecule has 19 heavy (non-hydrogen) atoms. The van der Waals surface area contributed by atoms with Crippen molar-refractivity contribution in [3.8, 4) is 0 Å². The number of hydrogen-bond donors (Lipinski definition) is 2. The first-order valence-electron chi connectivity index (χ1n) is 5.94. The summed E-state index contributed by atoms with van der Waals surface area (Å²) in [5.74, 6) is -0.115. The topological polar surface area (TPSA) is 70.7 Å². The molecular formula is C14H12N4O. The smallest absolute Gasteiger partial charge is 0.253 e. The van der Waals surface area contributed by atoms with Gasteiger partial charge in [0.15, 0.2) is 0 Å². The molecule has 1 amide bonds. The van der Waals surface area contributed by atoms with Gasteiger partial charge in [-0.05, 0) is 12.1 Å². The van der Waals surface area contributed by atoms with Crippen LogP contribution in [0.3, 0.4) is 0 Å². The first kappa shape index (κ1) is 11.4. The zero-order chi connectivity index (χ0) is 13.1. The maximum atomic E-state index is 12.1. The molecule has 2 aromatic heterocycles. The summed E-state index contributed by atoms with van der Waals surface area (Å²) in [4.78, 5) is 23.1. The number of rotatable bonds is 3. The number of H-pyrrole nitrogens is 1. The first-order valence-corrected chi connectivity index (χ1v) is 5.94. The largest absolute Gasteiger partial charge is 0.360 e. The molecule has 3 rings (SSSR count). The van der Waals surface area contributed by atoms with Crippen molar-refractivity contribution in [2.24, 2.45) is 0 Å². The molecule has 0 spiro atoms. The summed E-state index contributed by atoms with van der Waals surface area (Å²) in [6, 6.07) is 9.48. The molecule has 5 nitrogen and oxygen atoms in total. The molecule has 0 saturated carbocycles. The average Bonchev–Trinajstić information content (AvgIpc) is 2.90. The van der Waals surface area contributed by atoms with Gasteiger partial charge in [-0.2, -0.15) is 0 Å². The number of benzene rings is 1. The summed E-state index contributed by atoms with van der Waals surface area (Å²) in [7, 11) is 0. The van der Waals surface area contributed by atoms with E-state index < -0.39 is 0 Å². The van der Waals surface area contributed by atoms with E-state index in [0.717, 1.165) is 16.6 Å². The highest BCUT2D eigenvalue weighted by Crippen LogP contribution is 2.17. The molecule has 0 fully saturated rings. The second-order valence-corrected chi connectivity index (χ2v) is 4.13. The van der Waals surface area contributed by atoms with Gasteiger partial charge in [-0.1, -0.05) is 18.2 Å². The number of aromatic nitrogens is 3. The average molecular weight is 252 g/mol. The predicted molar refractivity (Wildman–Crippen MR) is 71.5 cm³/mol. The summed E-state index contributed by atoms with van der Waals surface area (Å²) in [5, 5.41) is 3.76. The van der Waals surface area contributed by atoms with Gasteiger partial charge >= 0.3 is 0 Å². The van der Waals surface area contributed by atoms with Crippen LogP contribution >= 0.6 is 0 Å². The Morgan fingerprint density at radius 1 is 1.26 bits per heavy atom. The van der Waals surface area contributed by atoms with Crippen molar-refractivity contribution in [1.82, 2.24) is 20.3 Å². The van der Waals surface area contributed by atoms with Crippen LogP contribution in [0.15, 0.2) is 49.1 Å². The van der Waals surface area contributed by atoms with Crippen LogP contribution in [0, 0.1) is 0 Å². The van der Waals surface area contributed by atoms with Crippen molar-refractivity contribution in [1.29, 1.82) is 0 Å². The van der Waals surface area contributed by atoms with Crippen LogP contribution in [-0.4, -0.2) is 20.9 Å². The molecule has 0 bridgehead atoms. The lowest BCUT2D eigenvalue weighted by Crippen LogP contribution is -2.23. The van der Waals surface area contributed by atoms with Crippen LogP contribution in [0.4, 0.5) is 0 Å². The molecule has 0 saturated heterocycles. The predicted octanol–water partition coefficient (Wildman–Crippen LogP) is 1.89. The maximum absolute atomic E-state index is 12.1. The molecule has 0 aliphatic heterocycles. The Balaban J connectivity index is 1.77. The molecule has 0 radical (unpaired) electrons. The lowest BCUT2D eigenvalue weighted by Gasteiger charge is -2.03. The fourth-order valence-electron chi connectivity index (χ4n) is 1.95. The van der Waals surface area contributed by atoms with Crippen molar-refractivity contribution in [3.05, 3.63) is 60.3 Å². The number of amides is 1. The van der Waals surface area contributed by atoms with Crippen LogP contribution in [-0.2, 0) is 6.54 Å². The third kappa shape index (κ3) is 2.30. The molecule has 2 heterocycles. The number of carbonyl (C=O) groups is 1. The van der Waals surface area contributed by atoms with Gasteiger partial charge in [0.1, 0.15) is 6.33 Å². The van der Waals surface area contributed by atoms with Gasteiger partial charge in [-0.15, -0.1) is 0 Å². The second kappa shape index (κ2) is 4.89. The Morgan fingerprint density at radius 2 is 2.16 bits per heavy atom. The van der Waals surface area contributed by atoms with E-state index in [1.165, 1.54) is 6.33 Å². The van der Waals surface area contributed by atoms with E-state index in [9.17, 15) is 4.79 Å². The van der Waals surface area contributed by atoms with Gasteiger partial charge in [-0.3, -0.25) is 4.79 Å². The molecule has 94 valence electrons. The molecule has 0 unspecified atom stereocenters. The fourth-order valence-corrected chi connectivity index (χ4v) is 1.95. The first-order chi connectivity index (χ1) is 9.34. The van der Waals surface area contributed by atoms with Crippen LogP contribution in [0.5, 0.6) is 0 Å². The Bertz CT molecular complexity index is 706. The molecule has 5 heteroatoms. The third-order valence-electron chi connectivity index (χ3n) is 2.91. The number of nitrogens with zero attached hydrogens (tertiary/aromatic N) is 2. The number of aromatic amines is 1. The van der Waals surface area contributed by atoms with E-state index in [1.54, 1.807) is 18.5 Å². The van der Waals surface area contributed by atoms with E-state index in [4.69, 9.17) is 0 Å². The molecule has 0 aliphatic carbocycles. The Kier molecular flexibility index (Phi) is 2.94. The van der Waals surface area contributed by atoms with E-state index >= 15 is 0 Å². The molecular weight excluding hydrogens is 240 g/mol. The van der Waals surface area contributed by atoms with Crippen molar-refractivity contribution in [2.75, 3.05) is 0 Å². The van der Waals surface area contributed by atoms with Gasteiger partial charge in [-0.25, -0.2) is 9.97 Å². The van der Waals surface area contributed by atoms with Gasteiger partial charge in [0.25, 0.3) is 5.91 Å². The van der Waals surface area contributed by atoms with Crippen LogP contribution in [0.1, 0.15) is 16.1 Å². The van der Waals surface area contributed by atoms with Crippen molar-refractivity contribution in [2.45, 2.75) is 6.54 Å². The summed E-state index contributed by atoms with van der Waals surface area (Å²) >= 11 is 0. The second-order valence-electron chi connectivity index (χ2n) is 4.13. The Labute approximate surface area is 109 Å². The van der Waals surface area contributed by atoms with E-state index in [-0.39, 0.29) is 5.91 Å². The highest BCUT2D eigenvalue weighted by atomic mass is 16.1. The van der Waals surface area contributed by atoms with Gasteiger partial charge in [0.2, 0.25) is 0 Å². The van der Waals surface area contributed by atoms with E-state index in [0.29, 0.717) is 12.1 Å². The van der Waals surface area contributed by atoms with Crippen LogP contribution in [0.2, 0.25) is 0 Å².